The maximum Gasteiger partial charge on any atom is 0.413 e. The van der Waals surface area contributed by atoms with E-state index >= 15 is 0 Å². The molecule has 0 spiro atoms. The molecule has 1 aromatic heterocycles. The average molecular weight is 346 g/mol. The van der Waals surface area contributed by atoms with Crippen molar-refractivity contribution in [1.82, 2.24) is 20.1 Å². The van der Waals surface area contributed by atoms with E-state index in [1.54, 1.807) is 13.0 Å². The lowest BCUT2D eigenvalue weighted by Gasteiger charge is -2.11. The molecular weight excluding hydrogens is 328 g/mol. The van der Waals surface area contributed by atoms with Crippen molar-refractivity contribution in [2.75, 3.05) is 7.11 Å². The maximum absolute atomic E-state index is 12.0. The highest BCUT2D eigenvalue weighted by atomic mass is 32.2. The van der Waals surface area contributed by atoms with Crippen molar-refractivity contribution in [2.45, 2.75) is 23.9 Å². The van der Waals surface area contributed by atoms with Crippen LogP contribution in [0.1, 0.15) is 6.92 Å². The van der Waals surface area contributed by atoms with E-state index in [0.717, 1.165) is 5.56 Å². The van der Waals surface area contributed by atoms with E-state index in [2.05, 4.69) is 26.8 Å². The second kappa shape index (κ2) is 8.30. The van der Waals surface area contributed by atoms with Gasteiger partial charge in [-0.3, -0.25) is 14.7 Å². The van der Waals surface area contributed by atoms with Gasteiger partial charge in [0.1, 0.15) is 0 Å². The zero-order valence-electron chi connectivity index (χ0n) is 13.4. The predicted molar refractivity (Wildman–Crippen MR) is 91.5 cm³/mol. The van der Waals surface area contributed by atoms with Gasteiger partial charge in [-0.05, 0) is 6.92 Å². The fourth-order valence-corrected chi connectivity index (χ4v) is 2.79. The van der Waals surface area contributed by atoms with E-state index in [9.17, 15) is 9.59 Å². The summed E-state index contributed by atoms with van der Waals surface area (Å²) in [7, 11) is 1.20. The van der Waals surface area contributed by atoms with Crippen LogP contribution in [0.3, 0.4) is 0 Å². The number of rotatable bonds is 6. The molecule has 2 amide bonds. The fourth-order valence-electron chi connectivity index (χ4n) is 1.94. The number of amides is 2. The van der Waals surface area contributed by atoms with Gasteiger partial charge in [-0.15, -0.1) is 16.8 Å². The zero-order valence-corrected chi connectivity index (χ0v) is 14.2. The van der Waals surface area contributed by atoms with Crippen LogP contribution in [0.4, 0.5) is 4.79 Å². The first-order chi connectivity index (χ1) is 11.6. The Morgan fingerprint density at radius 2 is 2.08 bits per heavy atom. The molecule has 0 fully saturated rings. The third-order valence-corrected chi connectivity index (χ3v) is 4.20. The summed E-state index contributed by atoms with van der Waals surface area (Å²) in [5, 5.41) is 10.6. The van der Waals surface area contributed by atoms with Crippen LogP contribution in [0.15, 0.2) is 48.1 Å². The molecule has 126 valence electrons. The number of aromatic nitrogens is 3. The number of carbonyl (C=O) groups excluding carboxylic acids is 2. The van der Waals surface area contributed by atoms with Crippen molar-refractivity contribution in [3.05, 3.63) is 43.0 Å². The van der Waals surface area contributed by atoms with Crippen LogP contribution >= 0.6 is 11.8 Å². The van der Waals surface area contributed by atoms with E-state index in [1.807, 2.05) is 34.9 Å². The number of imide groups is 1. The minimum Gasteiger partial charge on any atom is -0.453 e. The zero-order chi connectivity index (χ0) is 17.5. The third-order valence-electron chi connectivity index (χ3n) is 3.12. The molecule has 2 aromatic rings. The van der Waals surface area contributed by atoms with Crippen LogP contribution in [-0.2, 0) is 16.1 Å². The summed E-state index contributed by atoms with van der Waals surface area (Å²) in [5.74, 6) is 0.236. The number of methoxy groups -OCH3 is 1. The second-order valence-electron chi connectivity index (χ2n) is 4.81. The standard InChI is InChI=1S/C16H18N4O3S/c1-4-10-20-13(12-8-6-5-7-9-12)18-19-15(20)24-11(2)14(21)17-16(22)23-3/h4-9,11H,1,10H2,2-3H3,(H,17,21,22)/t11-/m0/s1. The summed E-state index contributed by atoms with van der Waals surface area (Å²) in [5.41, 5.74) is 0.922. The summed E-state index contributed by atoms with van der Waals surface area (Å²) in [4.78, 5) is 23.1. The van der Waals surface area contributed by atoms with Crippen molar-refractivity contribution in [3.8, 4) is 11.4 Å². The van der Waals surface area contributed by atoms with Crippen molar-refractivity contribution in [2.24, 2.45) is 0 Å². The Labute approximate surface area is 144 Å². The second-order valence-corrected chi connectivity index (χ2v) is 6.12. The summed E-state index contributed by atoms with van der Waals surface area (Å²) in [6, 6.07) is 9.63. The molecule has 0 aliphatic carbocycles. The monoisotopic (exact) mass is 346 g/mol. The van der Waals surface area contributed by atoms with Crippen molar-refractivity contribution in [3.63, 3.8) is 0 Å². The summed E-state index contributed by atoms with van der Waals surface area (Å²) >= 11 is 1.21. The third kappa shape index (κ3) is 4.23. The highest BCUT2D eigenvalue weighted by Gasteiger charge is 2.21. The quantitative estimate of drug-likeness (QED) is 0.639. The Balaban J connectivity index is 2.21. The topological polar surface area (TPSA) is 86.1 Å². The summed E-state index contributed by atoms with van der Waals surface area (Å²) in [6.07, 6.45) is 0.948. The Bertz CT molecular complexity index is 730. The molecule has 24 heavy (non-hydrogen) atoms. The van der Waals surface area contributed by atoms with Crippen molar-refractivity contribution in [1.29, 1.82) is 0 Å². The van der Waals surface area contributed by atoms with E-state index in [1.165, 1.54) is 18.9 Å². The van der Waals surface area contributed by atoms with Crippen LogP contribution in [0.5, 0.6) is 0 Å². The van der Waals surface area contributed by atoms with Gasteiger partial charge in [0.05, 0.1) is 12.4 Å². The van der Waals surface area contributed by atoms with Gasteiger partial charge in [-0.25, -0.2) is 4.79 Å². The molecule has 7 nitrogen and oxygen atoms in total. The minimum absolute atomic E-state index is 0.457. The summed E-state index contributed by atoms with van der Waals surface area (Å²) in [6.45, 7) is 5.93. The van der Waals surface area contributed by atoms with Gasteiger partial charge in [0.25, 0.3) is 0 Å². The predicted octanol–water partition coefficient (Wildman–Crippen LogP) is 2.49. The number of hydrogen-bond acceptors (Lipinski definition) is 6. The van der Waals surface area contributed by atoms with Gasteiger partial charge in [0, 0.05) is 12.1 Å². The van der Waals surface area contributed by atoms with Crippen LogP contribution in [0.25, 0.3) is 11.4 Å². The molecule has 0 unspecified atom stereocenters. The Morgan fingerprint density at radius 1 is 1.38 bits per heavy atom. The Morgan fingerprint density at radius 3 is 2.71 bits per heavy atom. The number of hydrogen-bond donors (Lipinski definition) is 1. The van der Waals surface area contributed by atoms with Crippen LogP contribution in [0.2, 0.25) is 0 Å². The smallest absolute Gasteiger partial charge is 0.413 e. The van der Waals surface area contributed by atoms with Gasteiger partial charge in [-0.1, -0.05) is 48.2 Å². The Kier molecular flexibility index (Phi) is 6.14. The van der Waals surface area contributed by atoms with Gasteiger partial charge in [-0.2, -0.15) is 0 Å². The molecule has 1 heterocycles. The van der Waals surface area contributed by atoms with E-state index < -0.39 is 17.3 Å². The normalized spacial score (nSPS) is 11.6. The van der Waals surface area contributed by atoms with Gasteiger partial charge >= 0.3 is 6.09 Å². The molecule has 8 heteroatoms. The molecule has 0 saturated carbocycles. The molecule has 1 atom stereocenters. The minimum atomic E-state index is -0.787. The van der Waals surface area contributed by atoms with Gasteiger partial charge in [0.15, 0.2) is 11.0 Å². The lowest BCUT2D eigenvalue weighted by Crippen LogP contribution is -2.36. The first kappa shape index (κ1) is 17.7. The first-order valence-corrected chi connectivity index (χ1v) is 8.09. The molecule has 0 bridgehead atoms. The highest BCUT2D eigenvalue weighted by molar-refractivity contribution is 8.00. The van der Waals surface area contributed by atoms with E-state index in [-0.39, 0.29) is 0 Å². The van der Waals surface area contributed by atoms with Crippen LogP contribution in [0, 0.1) is 0 Å². The largest absolute Gasteiger partial charge is 0.453 e. The van der Waals surface area contributed by atoms with Crippen LogP contribution in [-0.4, -0.2) is 39.1 Å². The number of alkyl carbamates (subject to hydrolysis) is 1. The van der Waals surface area contributed by atoms with Crippen molar-refractivity contribution < 1.29 is 14.3 Å². The highest BCUT2D eigenvalue weighted by Crippen LogP contribution is 2.26. The number of thioether (sulfide) groups is 1. The average Bonchev–Trinajstić information content (AvgIpc) is 2.98. The number of allylic oxidation sites excluding steroid dienone is 1. The maximum atomic E-state index is 12.0. The molecule has 0 radical (unpaired) electrons. The van der Waals surface area contributed by atoms with E-state index in [0.29, 0.717) is 17.5 Å². The lowest BCUT2D eigenvalue weighted by atomic mass is 10.2. The first-order valence-electron chi connectivity index (χ1n) is 7.21. The number of benzene rings is 1. The van der Waals surface area contributed by atoms with Gasteiger partial charge in [0.2, 0.25) is 5.91 Å². The lowest BCUT2D eigenvalue weighted by molar-refractivity contribution is -0.119. The fraction of sp³-hybridized carbons (Fsp3) is 0.250. The van der Waals surface area contributed by atoms with Crippen molar-refractivity contribution >= 4 is 23.8 Å². The van der Waals surface area contributed by atoms with Crippen LogP contribution < -0.4 is 5.32 Å². The molecule has 1 N–H and O–H groups in total. The molecule has 2 rings (SSSR count). The van der Waals surface area contributed by atoms with E-state index in [4.69, 9.17) is 0 Å². The molecule has 0 saturated heterocycles. The molecular formula is C16H18N4O3S. The number of carbonyl (C=O) groups is 2. The molecule has 1 aromatic carbocycles. The molecule has 0 aliphatic heterocycles. The molecule has 0 aliphatic rings. The summed E-state index contributed by atoms with van der Waals surface area (Å²) < 4.78 is 6.29. The number of nitrogens with one attached hydrogen (secondary N) is 1. The SMILES string of the molecule is C=CCn1c(S[C@@H](C)C(=O)NC(=O)OC)nnc1-c1ccccc1. The Hall–Kier alpha value is -2.61. The number of nitrogens with zero attached hydrogens (tertiary/aromatic N) is 3. The number of ether oxygens (including phenoxy) is 1. The van der Waals surface area contributed by atoms with Gasteiger partial charge < -0.3 is 4.74 Å².